The van der Waals surface area contributed by atoms with E-state index in [9.17, 15) is 4.79 Å². The van der Waals surface area contributed by atoms with E-state index in [2.05, 4.69) is 31.0 Å². The average molecular weight is 274 g/mol. The molecule has 3 atom stereocenters. The summed E-state index contributed by atoms with van der Waals surface area (Å²) in [5.41, 5.74) is 3.99. The van der Waals surface area contributed by atoms with E-state index in [1.54, 1.807) is 0 Å². The maximum Gasteiger partial charge on any atom is 0.136 e. The van der Waals surface area contributed by atoms with E-state index in [-0.39, 0.29) is 0 Å². The van der Waals surface area contributed by atoms with Gasteiger partial charge in [-0.05, 0) is 55.4 Å². The number of aryl methyl sites for hydroxylation is 2. The van der Waals surface area contributed by atoms with E-state index in [1.165, 1.54) is 29.8 Å². The molecule has 1 saturated carbocycles. The Hall–Kier alpha value is -1.12. The third kappa shape index (κ3) is 2.43. The molecule has 2 aliphatic carbocycles. The van der Waals surface area contributed by atoms with E-state index in [1.807, 2.05) is 0 Å². The van der Waals surface area contributed by atoms with Crippen LogP contribution < -0.4 is 0 Å². The maximum atomic E-state index is 12.4. The fourth-order valence-electron chi connectivity index (χ4n) is 4.07. The number of carbonyl (C=O) groups is 1. The number of hydrogen-bond donors (Lipinski definition) is 1. The Morgan fingerprint density at radius 3 is 2.90 bits per heavy atom. The number of carbonyl (C=O) groups excluding carboxylic acids is 1. The molecule has 0 spiro atoms. The van der Waals surface area contributed by atoms with Crippen LogP contribution in [0.4, 0.5) is 0 Å². The highest BCUT2D eigenvalue weighted by atomic mass is 16.1. The van der Waals surface area contributed by atoms with Crippen LogP contribution in [0.25, 0.3) is 0 Å². The first kappa shape index (κ1) is 13.8. The Bertz CT molecular complexity index is 503. The molecule has 3 heteroatoms. The van der Waals surface area contributed by atoms with Crippen molar-refractivity contribution >= 4 is 5.78 Å². The minimum atomic E-state index is 0.350. The van der Waals surface area contributed by atoms with Crippen LogP contribution in [0.2, 0.25) is 0 Å². The lowest BCUT2D eigenvalue weighted by Crippen LogP contribution is -2.08. The molecule has 1 aromatic rings. The number of hydrogen-bond acceptors (Lipinski definition) is 2. The second-order valence-corrected chi connectivity index (χ2v) is 7.00. The molecule has 1 fully saturated rings. The molecule has 0 aromatic carbocycles. The second-order valence-electron chi connectivity index (χ2n) is 7.00. The molecular formula is C17H26N2O. The van der Waals surface area contributed by atoms with Gasteiger partial charge in [0.05, 0.1) is 5.69 Å². The largest absolute Gasteiger partial charge is 0.299 e. The maximum absolute atomic E-state index is 12.4. The molecule has 1 heterocycles. The lowest BCUT2D eigenvalue weighted by molar-refractivity contribution is -0.121. The van der Waals surface area contributed by atoms with Crippen LogP contribution in [-0.2, 0) is 24.1 Å². The van der Waals surface area contributed by atoms with Gasteiger partial charge in [0, 0.05) is 18.0 Å². The van der Waals surface area contributed by atoms with Crippen molar-refractivity contribution in [1.82, 2.24) is 10.2 Å². The molecule has 0 radical (unpaired) electrons. The normalized spacial score (nSPS) is 28.5. The molecule has 3 nitrogen and oxygen atoms in total. The highest BCUT2D eigenvalue weighted by Crippen LogP contribution is 2.53. The van der Waals surface area contributed by atoms with Crippen molar-refractivity contribution in [1.29, 1.82) is 0 Å². The third-order valence-electron chi connectivity index (χ3n) is 5.09. The van der Waals surface area contributed by atoms with E-state index < -0.39 is 0 Å². The standard InChI is InChI=1S/C17H26N2O/c1-4-14-13-9-12-11(6-5-7-15(13)19-18-14)17(12)16(20)8-10(2)3/h10-12,17H,4-9H2,1-3H3,(H,18,19). The van der Waals surface area contributed by atoms with Crippen LogP contribution in [0.3, 0.4) is 0 Å². The summed E-state index contributed by atoms with van der Waals surface area (Å²) in [7, 11) is 0. The first-order chi connectivity index (χ1) is 9.61. The lowest BCUT2D eigenvalue weighted by Gasteiger charge is -2.08. The summed E-state index contributed by atoms with van der Waals surface area (Å²) < 4.78 is 0. The number of fused-ring (bicyclic) bond motifs is 2. The van der Waals surface area contributed by atoms with Crippen LogP contribution in [-0.4, -0.2) is 16.0 Å². The third-order valence-corrected chi connectivity index (χ3v) is 5.09. The summed E-state index contributed by atoms with van der Waals surface area (Å²) in [6.07, 6.45) is 6.36. The molecule has 3 unspecified atom stereocenters. The fourth-order valence-corrected chi connectivity index (χ4v) is 4.07. The predicted octanol–water partition coefficient (Wildman–Crippen LogP) is 3.33. The highest BCUT2D eigenvalue weighted by molar-refractivity contribution is 5.84. The van der Waals surface area contributed by atoms with E-state index in [0.29, 0.717) is 29.5 Å². The molecule has 1 N–H and O–H groups in total. The number of aromatic nitrogens is 2. The first-order valence-electron chi connectivity index (χ1n) is 8.19. The molecule has 0 bridgehead atoms. The Morgan fingerprint density at radius 1 is 1.40 bits per heavy atom. The summed E-state index contributed by atoms with van der Waals surface area (Å²) >= 11 is 0. The number of ketones is 1. The second kappa shape index (κ2) is 5.34. The predicted molar refractivity (Wildman–Crippen MR) is 79.5 cm³/mol. The monoisotopic (exact) mass is 274 g/mol. The van der Waals surface area contributed by atoms with Crippen molar-refractivity contribution in [2.75, 3.05) is 0 Å². The average Bonchev–Trinajstić information content (AvgIpc) is 2.88. The van der Waals surface area contributed by atoms with Gasteiger partial charge in [0.1, 0.15) is 5.78 Å². The SMILES string of the molecule is CCc1n[nH]c2c1CC1C(CCC2)C1C(=O)CC(C)C. The smallest absolute Gasteiger partial charge is 0.136 e. The van der Waals surface area contributed by atoms with Gasteiger partial charge in [-0.25, -0.2) is 0 Å². The van der Waals surface area contributed by atoms with Crippen LogP contribution in [0, 0.1) is 23.7 Å². The minimum Gasteiger partial charge on any atom is -0.299 e. The Morgan fingerprint density at radius 2 is 2.20 bits per heavy atom. The number of aromatic amines is 1. The zero-order valence-electron chi connectivity index (χ0n) is 12.9. The van der Waals surface area contributed by atoms with Gasteiger partial charge >= 0.3 is 0 Å². The number of Topliss-reactive ketones (excluding diaryl/α,β-unsaturated/α-hetero) is 1. The minimum absolute atomic E-state index is 0.350. The molecule has 20 heavy (non-hydrogen) atoms. The van der Waals surface area contributed by atoms with Gasteiger partial charge in [-0.15, -0.1) is 0 Å². The topological polar surface area (TPSA) is 45.8 Å². The number of rotatable bonds is 4. The number of H-pyrrole nitrogens is 1. The van der Waals surface area contributed by atoms with Gasteiger partial charge in [0.2, 0.25) is 0 Å². The van der Waals surface area contributed by atoms with Gasteiger partial charge in [-0.3, -0.25) is 9.89 Å². The molecule has 3 rings (SSSR count). The lowest BCUT2D eigenvalue weighted by atomic mass is 9.96. The molecule has 1 aromatic heterocycles. The van der Waals surface area contributed by atoms with Crippen molar-refractivity contribution < 1.29 is 4.79 Å². The van der Waals surface area contributed by atoms with Crippen LogP contribution in [0.5, 0.6) is 0 Å². The van der Waals surface area contributed by atoms with Crippen molar-refractivity contribution in [3.63, 3.8) is 0 Å². The van der Waals surface area contributed by atoms with Gasteiger partial charge in [0.15, 0.2) is 0 Å². The zero-order valence-corrected chi connectivity index (χ0v) is 12.9. The van der Waals surface area contributed by atoms with E-state index >= 15 is 0 Å². The molecule has 0 saturated heterocycles. The van der Waals surface area contributed by atoms with Crippen molar-refractivity contribution in [3.8, 4) is 0 Å². The quantitative estimate of drug-likeness (QED) is 0.915. The van der Waals surface area contributed by atoms with Crippen LogP contribution in [0.15, 0.2) is 0 Å². The number of nitrogens with zero attached hydrogens (tertiary/aromatic N) is 1. The molecular weight excluding hydrogens is 248 g/mol. The summed E-state index contributed by atoms with van der Waals surface area (Å²) in [4.78, 5) is 12.4. The highest BCUT2D eigenvalue weighted by Gasteiger charge is 2.53. The summed E-state index contributed by atoms with van der Waals surface area (Å²) in [6, 6.07) is 0. The van der Waals surface area contributed by atoms with Gasteiger partial charge in [0.25, 0.3) is 0 Å². The Kier molecular flexibility index (Phi) is 3.70. The van der Waals surface area contributed by atoms with Crippen molar-refractivity contribution in [3.05, 3.63) is 17.0 Å². The van der Waals surface area contributed by atoms with Crippen molar-refractivity contribution in [2.24, 2.45) is 23.7 Å². The van der Waals surface area contributed by atoms with E-state index in [0.717, 1.165) is 25.7 Å². The van der Waals surface area contributed by atoms with Crippen molar-refractivity contribution in [2.45, 2.75) is 59.3 Å². The first-order valence-corrected chi connectivity index (χ1v) is 8.19. The molecule has 0 amide bonds. The Balaban J connectivity index is 1.76. The fraction of sp³-hybridized carbons (Fsp3) is 0.765. The van der Waals surface area contributed by atoms with Crippen LogP contribution >= 0.6 is 0 Å². The van der Waals surface area contributed by atoms with E-state index in [4.69, 9.17) is 0 Å². The molecule has 0 aliphatic heterocycles. The zero-order chi connectivity index (χ0) is 14.3. The van der Waals surface area contributed by atoms with Crippen LogP contribution in [0.1, 0.15) is 57.0 Å². The molecule has 2 aliphatic rings. The van der Waals surface area contributed by atoms with Gasteiger partial charge < -0.3 is 0 Å². The summed E-state index contributed by atoms with van der Waals surface area (Å²) in [6.45, 7) is 6.46. The van der Waals surface area contributed by atoms with Gasteiger partial charge in [-0.2, -0.15) is 5.10 Å². The number of nitrogens with one attached hydrogen (secondary N) is 1. The molecule has 110 valence electrons. The summed E-state index contributed by atoms with van der Waals surface area (Å²) in [5.74, 6) is 2.62. The van der Waals surface area contributed by atoms with Gasteiger partial charge in [-0.1, -0.05) is 20.8 Å². The Labute approximate surface area is 121 Å². The summed E-state index contributed by atoms with van der Waals surface area (Å²) in [5, 5.41) is 7.69.